The molecular weight excluding hydrogens is 539 g/mol. The number of nitrogens with one attached hydrogen (secondary N) is 2. The summed E-state index contributed by atoms with van der Waals surface area (Å²) in [4.78, 5) is 33.2. The van der Waals surface area contributed by atoms with Gasteiger partial charge in [0.2, 0.25) is 0 Å². The summed E-state index contributed by atoms with van der Waals surface area (Å²) in [6, 6.07) is 19.2. The van der Waals surface area contributed by atoms with E-state index in [2.05, 4.69) is 20.3 Å². The number of amides is 1. The molecule has 41 heavy (non-hydrogen) atoms. The minimum atomic E-state index is -0.346. The van der Waals surface area contributed by atoms with Crippen molar-refractivity contribution in [3.63, 3.8) is 0 Å². The fourth-order valence-electron chi connectivity index (χ4n) is 4.70. The van der Waals surface area contributed by atoms with Crippen LogP contribution in [0, 0.1) is 5.82 Å². The molecule has 0 atom stereocenters. The van der Waals surface area contributed by atoms with Crippen molar-refractivity contribution >= 4 is 46.7 Å². The number of benzene rings is 3. The van der Waals surface area contributed by atoms with Gasteiger partial charge in [-0.05, 0) is 54.1 Å². The van der Waals surface area contributed by atoms with E-state index in [1.165, 1.54) is 6.07 Å². The molecule has 0 fully saturated rings. The molecule has 2 N–H and O–H groups in total. The molecule has 0 radical (unpaired) electrons. The molecule has 0 aliphatic carbocycles. The van der Waals surface area contributed by atoms with E-state index in [4.69, 9.17) is 21.6 Å². The largest absolute Gasteiger partial charge is 0.348 e. The number of anilines is 1. The van der Waals surface area contributed by atoms with Gasteiger partial charge in [-0.1, -0.05) is 42.0 Å². The standard InChI is InChI=1S/C32H24ClFN6O/c33-22-10-13-25-27(16-22)31(26-5-1-2-6-28(26)34)37-17-21-4-3-7-29(40-30(21)25)39-23-11-8-20(9-12-23)32(41)36-15-14-24-18-35-19-38-24/h1-6,8-13,15-16,18-19H,7,14,17H2,(H,35,38)(H,39,40). The molecule has 3 heterocycles. The molecule has 0 unspecified atom stereocenters. The molecule has 202 valence electrons. The van der Waals surface area contributed by atoms with E-state index in [1.54, 1.807) is 55.1 Å². The molecule has 4 aromatic rings. The average Bonchev–Trinajstić information content (AvgIpc) is 3.36. The first-order valence-corrected chi connectivity index (χ1v) is 13.4. The second-order valence-corrected chi connectivity index (χ2v) is 9.91. The van der Waals surface area contributed by atoms with Crippen LogP contribution in [0.3, 0.4) is 0 Å². The number of halogens is 2. The molecule has 3 aromatic carbocycles. The molecule has 9 heteroatoms. The molecule has 0 spiro atoms. The van der Waals surface area contributed by atoms with E-state index in [0.717, 1.165) is 39.6 Å². The van der Waals surface area contributed by atoms with Crippen LogP contribution < -0.4 is 5.32 Å². The number of imidazole rings is 1. The van der Waals surface area contributed by atoms with Crippen LogP contribution in [0.5, 0.6) is 0 Å². The highest BCUT2D eigenvalue weighted by Crippen LogP contribution is 2.34. The lowest BCUT2D eigenvalue weighted by atomic mass is 9.95. The van der Waals surface area contributed by atoms with E-state index >= 15 is 0 Å². The number of amidine groups is 1. The maximum absolute atomic E-state index is 14.8. The van der Waals surface area contributed by atoms with Crippen LogP contribution in [-0.4, -0.2) is 40.2 Å². The molecule has 0 saturated heterocycles. The summed E-state index contributed by atoms with van der Waals surface area (Å²) in [5.41, 5.74) is 6.33. The lowest BCUT2D eigenvalue weighted by molar-refractivity contribution is 0.100. The number of hydrogen-bond acceptors (Lipinski definition) is 5. The number of carbonyl (C=O) groups is 1. The molecule has 7 nitrogen and oxygen atoms in total. The monoisotopic (exact) mass is 562 g/mol. The Morgan fingerprint density at radius 3 is 2.73 bits per heavy atom. The van der Waals surface area contributed by atoms with Gasteiger partial charge in [0.1, 0.15) is 11.7 Å². The topological polar surface area (TPSA) is 94.9 Å². The van der Waals surface area contributed by atoms with Crippen molar-refractivity contribution in [2.24, 2.45) is 15.0 Å². The minimum absolute atomic E-state index is 0.319. The smallest absolute Gasteiger partial charge is 0.276 e. The van der Waals surface area contributed by atoms with Crippen LogP contribution in [0.1, 0.15) is 39.2 Å². The predicted octanol–water partition coefficient (Wildman–Crippen LogP) is 6.69. The van der Waals surface area contributed by atoms with Crippen LogP contribution in [0.2, 0.25) is 5.02 Å². The Balaban J connectivity index is 1.25. The number of fused-ring (bicyclic) bond motifs is 2. The van der Waals surface area contributed by atoms with Crippen molar-refractivity contribution in [3.05, 3.63) is 136 Å². The number of H-pyrrole nitrogens is 1. The van der Waals surface area contributed by atoms with E-state index < -0.39 is 0 Å². The van der Waals surface area contributed by atoms with Crippen LogP contribution in [0.4, 0.5) is 10.1 Å². The zero-order chi connectivity index (χ0) is 28.2. The summed E-state index contributed by atoms with van der Waals surface area (Å²) in [5, 5.41) is 3.91. The maximum atomic E-state index is 14.8. The molecule has 1 aromatic heterocycles. The summed E-state index contributed by atoms with van der Waals surface area (Å²) in [6.07, 6.45) is 9.96. The predicted molar refractivity (Wildman–Crippen MR) is 162 cm³/mol. The third-order valence-electron chi connectivity index (χ3n) is 6.70. The van der Waals surface area contributed by atoms with E-state index in [1.807, 2.05) is 36.4 Å². The van der Waals surface area contributed by atoms with Crippen molar-refractivity contribution in [2.75, 3.05) is 11.9 Å². The Hall–Kier alpha value is -4.95. The highest BCUT2D eigenvalue weighted by molar-refractivity contribution is 6.31. The van der Waals surface area contributed by atoms with Gasteiger partial charge in [-0.3, -0.25) is 9.79 Å². The first-order chi connectivity index (χ1) is 20.0. The van der Waals surface area contributed by atoms with Gasteiger partial charge in [0.15, 0.2) is 0 Å². The molecular formula is C32H24ClFN6O. The highest BCUT2D eigenvalue weighted by Gasteiger charge is 2.23. The minimum Gasteiger partial charge on any atom is -0.348 e. The van der Waals surface area contributed by atoms with Crippen molar-refractivity contribution in [1.82, 2.24) is 9.97 Å². The second-order valence-electron chi connectivity index (χ2n) is 9.47. The Morgan fingerprint density at radius 1 is 1.07 bits per heavy atom. The number of rotatable bonds is 5. The van der Waals surface area contributed by atoms with Gasteiger partial charge in [-0.25, -0.2) is 19.4 Å². The lowest BCUT2D eigenvalue weighted by Crippen LogP contribution is -2.12. The summed E-state index contributed by atoms with van der Waals surface area (Å²) in [5.74, 6) is 0.0548. The second kappa shape index (κ2) is 11.7. The van der Waals surface area contributed by atoms with Gasteiger partial charge in [0.05, 0.1) is 24.3 Å². The number of nitrogens with zero attached hydrogens (tertiary/aromatic N) is 4. The van der Waals surface area contributed by atoms with E-state index in [9.17, 15) is 9.18 Å². The molecule has 2 aliphatic rings. The van der Waals surface area contributed by atoms with Crippen molar-refractivity contribution in [3.8, 4) is 0 Å². The summed E-state index contributed by atoms with van der Waals surface area (Å²) >= 11 is 6.39. The molecule has 1 amide bonds. The van der Waals surface area contributed by atoms with Gasteiger partial charge in [0, 0.05) is 63.9 Å². The Labute approximate surface area is 241 Å². The van der Waals surface area contributed by atoms with Crippen molar-refractivity contribution in [1.29, 1.82) is 0 Å². The number of aromatic nitrogens is 2. The Bertz CT molecular complexity index is 1770. The number of aromatic amines is 1. The first kappa shape index (κ1) is 26.3. The van der Waals surface area contributed by atoms with Gasteiger partial charge in [0.25, 0.3) is 5.91 Å². The summed E-state index contributed by atoms with van der Waals surface area (Å²) < 4.78 is 14.8. The Morgan fingerprint density at radius 2 is 1.93 bits per heavy atom. The maximum Gasteiger partial charge on any atom is 0.276 e. The molecule has 0 saturated carbocycles. The third-order valence-corrected chi connectivity index (χ3v) is 6.94. The van der Waals surface area contributed by atoms with Gasteiger partial charge in [-0.2, -0.15) is 0 Å². The molecule has 6 rings (SSSR count). The van der Waals surface area contributed by atoms with Crippen molar-refractivity contribution < 1.29 is 9.18 Å². The fraction of sp³-hybridized carbons (Fsp3) is 0.0938. The Kier molecular flexibility index (Phi) is 7.47. The lowest BCUT2D eigenvalue weighted by Gasteiger charge is -2.14. The van der Waals surface area contributed by atoms with Crippen LogP contribution >= 0.6 is 11.6 Å². The van der Waals surface area contributed by atoms with Gasteiger partial charge >= 0.3 is 0 Å². The quantitative estimate of drug-likeness (QED) is 0.265. The van der Waals surface area contributed by atoms with Crippen LogP contribution in [0.25, 0.3) is 5.70 Å². The number of carbonyl (C=O) groups excluding carboxylic acids is 1. The van der Waals surface area contributed by atoms with E-state index in [0.29, 0.717) is 41.2 Å². The SMILES string of the molecule is O=C(N=CCc1cnc[nH]1)c1ccc(NC2=NC3=C(C=CC2)CN=C(c2ccccc2F)c2cc(Cl)ccc23)cc1. The summed E-state index contributed by atoms with van der Waals surface area (Å²) in [6.45, 7) is 0.344. The average molecular weight is 563 g/mol. The normalized spacial score (nSPS) is 14.6. The van der Waals surface area contributed by atoms with Gasteiger partial charge in [-0.15, -0.1) is 0 Å². The molecule has 2 aliphatic heterocycles. The zero-order valence-electron chi connectivity index (χ0n) is 21.8. The third kappa shape index (κ3) is 5.83. The van der Waals surface area contributed by atoms with E-state index in [-0.39, 0.29) is 11.7 Å². The van der Waals surface area contributed by atoms with Crippen LogP contribution in [0.15, 0.2) is 112 Å². The first-order valence-electron chi connectivity index (χ1n) is 13.0. The van der Waals surface area contributed by atoms with Crippen LogP contribution in [-0.2, 0) is 6.42 Å². The number of aliphatic imine (C=N–C) groups is 3. The highest BCUT2D eigenvalue weighted by atomic mass is 35.5. The number of hydrogen-bond donors (Lipinski definition) is 2. The molecule has 0 bridgehead atoms. The van der Waals surface area contributed by atoms with Crippen molar-refractivity contribution in [2.45, 2.75) is 12.8 Å². The zero-order valence-corrected chi connectivity index (χ0v) is 22.6. The fourth-order valence-corrected chi connectivity index (χ4v) is 4.87. The summed E-state index contributed by atoms with van der Waals surface area (Å²) in [7, 11) is 0. The van der Waals surface area contributed by atoms with Gasteiger partial charge < -0.3 is 10.3 Å².